The minimum atomic E-state index is -0.651. The van der Waals surface area contributed by atoms with Crippen LogP contribution in [0.25, 0.3) is 0 Å². The van der Waals surface area contributed by atoms with E-state index in [1.165, 1.54) is 0 Å². The summed E-state index contributed by atoms with van der Waals surface area (Å²) in [6.45, 7) is 6.07. The van der Waals surface area contributed by atoms with Crippen LogP contribution in [0.4, 0.5) is 4.39 Å². The molecule has 0 fully saturated rings. The maximum Gasteiger partial charge on any atom is 0.147 e. The third-order valence-corrected chi connectivity index (χ3v) is 4.01. The van der Waals surface area contributed by atoms with Crippen LogP contribution in [-0.2, 0) is 4.74 Å². The fourth-order valence-corrected chi connectivity index (χ4v) is 2.36. The highest BCUT2D eigenvalue weighted by atomic mass is 79.9. The average Bonchev–Trinajstić information content (AvgIpc) is 2.29. The highest BCUT2D eigenvalue weighted by Gasteiger charge is 2.33. The smallest absolute Gasteiger partial charge is 0.147 e. The van der Waals surface area contributed by atoms with Gasteiger partial charge in [-0.15, -0.1) is 0 Å². The monoisotopic (exact) mass is 338 g/mol. The van der Waals surface area contributed by atoms with Crippen LogP contribution in [0.1, 0.15) is 32.4 Å². The molecule has 0 aliphatic carbocycles. The molecule has 0 aromatic heterocycles. The molecule has 0 aliphatic heterocycles. The molecule has 0 amide bonds. The van der Waals surface area contributed by atoms with Crippen LogP contribution in [0.5, 0.6) is 0 Å². The fourth-order valence-electron chi connectivity index (χ4n) is 1.88. The van der Waals surface area contributed by atoms with Gasteiger partial charge in [0, 0.05) is 16.6 Å². The van der Waals surface area contributed by atoms with Crippen LogP contribution in [0.15, 0.2) is 16.6 Å². The zero-order valence-electron chi connectivity index (χ0n) is 10.6. The van der Waals surface area contributed by atoms with Crippen LogP contribution < -0.4 is 11.3 Å². The van der Waals surface area contributed by atoms with Crippen molar-refractivity contribution in [1.82, 2.24) is 5.43 Å². The molecular weight excluding hydrogens is 322 g/mol. The van der Waals surface area contributed by atoms with Crippen LogP contribution in [0.3, 0.4) is 0 Å². The van der Waals surface area contributed by atoms with Gasteiger partial charge in [0.05, 0.1) is 16.7 Å². The molecule has 0 heterocycles. The van der Waals surface area contributed by atoms with Gasteiger partial charge < -0.3 is 4.74 Å². The van der Waals surface area contributed by atoms with E-state index in [0.717, 1.165) is 0 Å². The van der Waals surface area contributed by atoms with Crippen molar-refractivity contribution in [1.29, 1.82) is 0 Å². The second-order valence-corrected chi connectivity index (χ2v) is 5.63. The van der Waals surface area contributed by atoms with Crippen molar-refractivity contribution in [2.75, 3.05) is 6.61 Å². The Hall–Kier alpha value is -0.200. The summed E-state index contributed by atoms with van der Waals surface area (Å²) in [7, 11) is 0. The molecule has 1 aromatic carbocycles. The van der Waals surface area contributed by atoms with Crippen molar-refractivity contribution in [3.05, 3.63) is 33.0 Å². The van der Waals surface area contributed by atoms with Gasteiger partial charge in [-0.3, -0.25) is 5.84 Å². The van der Waals surface area contributed by atoms with E-state index < -0.39 is 17.5 Å². The predicted octanol–water partition coefficient (Wildman–Crippen LogP) is 3.56. The van der Waals surface area contributed by atoms with Crippen molar-refractivity contribution in [2.24, 2.45) is 5.84 Å². The van der Waals surface area contributed by atoms with Gasteiger partial charge in [0.25, 0.3) is 0 Å². The normalized spacial score (nSPS) is 13.7. The zero-order valence-corrected chi connectivity index (χ0v) is 12.9. The van der Waals surface area contributed by atoms with E-state index in [1.807, 2.05) is 20.8 Å². The van der Waals surface area contributed by atoms with E-state index in [2.05, 4.69) is 21.4 Å². The molecule has 102 valence electrons. The highest BCUT2D eigenvalue weighted by molar-refractivity contribution is 9.10. The van der Waals surface area contributed by atoms with E-state index in [9.17, 15) is 4.39 Å². The van der Waals surface area contributed by atoms with Crippen molar-refractivity contribution >= 4 is 27.5 Å². The number of hydrazine groups is 1. The fraction of sp³-hybridized carbons (Fsp3) is 0.500. The molecule has 0 bridgehead atoms. The first-order chi connectivity index (χ1) is 8.35. The van der Waals surface area contributed by atoms with Gasteiger partial charge in [-0.25, -0.2) is 9.82 Å². The van der Waals surface area contributed by atoms with Crippen LogP contribution >= 0.6 is 27.5 Å². The Labute approximate surface area is 120 Å². The van der Waals surface area contributed by atoms with E-state index in [-0.39, 0.29) is 5.02 Å². The van der Waals surface area contributed by atoms with Gasteiger partial charge in [0.15, 0.2) is 0 Å². The molecule has 0 spiro atoms. The maximum atomic E-state index is 14.2. The summed E-state index contributed by atoms with van der Waals surface area (Å²) in [5, 5.41) is 0.0417. The molecule has 18 heavy (non-hydrogen) atoms. The highest BCUT2D eigenvalue weighted by Crippen LogP contribution is 2.35. The molecule has 1 atom stereocenters. The van der Waals surface area contributed by atoms with Gasteiger partial charge in [0.2, 0.25) is 0 Å². The number of ether oxygens (including phenoxy) is 1. The number of benzene rings is 1. The Morgan fingerprint density at radius 3 is 2.67 bits per heavy atom. The minimum Gasteiger partial charge on any atom is -0.374 e. The molecule has 3 N–H and O–H groups in total. The topological polar surface area (TPSA) is 47.3 Å². The lowest BCUT2D eigenvalue weighted by atomic mass is 9.91. The molecule has 0 aliphatic rings. The van der Waals surface area contributed by atoms with E-state index in [1.54, 1.807) is 12.1 Å². The van der Waals surface area contributed by atoms with Gasteiger partial charge in [-0.1, -0.05) is 17.7 Å². The van der Waals surface area contributed by atoms with Crippen LogP contribution in [0, 0.1) is 5.82 Å². The quantitative estimate of drug-likeness (QED) is 0.490. The Morgan fingerprint density at radius 2 is 2.17 bits per heavy atom. The van der Waals surface area contributed by atoms with E-state index in [0.29, 0.717) is 16.6 Å². The molecule has 1 rings (SSSR count). The number of hydrogen-bond donors (Lipinski definition) is 2. The van der Waals surface area contributed by atoms with Gasteiger partial charge >= 0.3 is 0 Å². The largest absolute Gasteiger partial charge is 0.374 e. The Morgan fingerprint density at radius 1 is 1.56 bits per heavy atom. The number of halogens is 3. The second-order valence-electron chi connectivity index (χ2n) is 4.40. The van der Waals surface area contributed by atoms with Crippen molar-refractivity contribution in [2.45, 2.75) is 32.4 Å². The summed E-state index contributed by atoms with van der Waals surface area (Å²) in [5.41, 5.74) is 2.32. The molecule has 3 nitrogen and oxygen atoms in total. The Balaban J connectivity index is 3.22. The number of nitrogens with two attached hydrogens (primary N) is 1. The van der Waals surface area contributed by atoms with Crippen LogP contribution in [0.2, 0.25) is 5.02 Å². The van der Waals surface area contributed by atoms with Crippen LogP contribution in [-0.4, -0.2) is 12.2 Å². The maximum absolute atomic E-state index is 14.2. The molecule has 1 aromatic rings. The lowest BCUT2D eigenvalue weighted by molar-refractivity contribution is -0.0400. The number of nitrogens with one attached hydrogen (secondary N) is 1. The van der Waals surface area contributed by atoms with Gasteiger partial charge in [-0.2, -0.15) is 0 Å². The molecule has 0 saturated heterocycles. The average molecular weight is 340 g/mol. The first kappa shape index (κ1) is 15.9. The minimum absolute atomic E-state index is 0.0417. The molecule has 1 unspecified atom stereocenters. The zero-order chi connectivity index (χ0) is 13.9. The lowest BCUT2D eigenvalue weighted by Gasteiger charge is -2.34. The Bertz CT molecular complexity index is 429. The van der Waals surface area contributed by atoms with Gasteiger partial charge in [0.1, 0.15) is 5.82 Å². The lowest BCUT2D eigenvalue weighted by Crippen LogP contribution is -2.45. The molecular formula is C12H17BrClFN2O. The van der Waals surface area contributed by atoms with Gasteiger partial charge in [-0.05, 0) is 42.8 Å². The summed E-state index contributed by atoms with van der Waals surface area (Å²) in [5.74, 6) is 5.03. The molecule has 0 saturated carbocycles. The summed E-state index contributed by atoms with van der Waals surface area (Å²) in [6.07, 6.45) is 0. The van der Waals surface area contributed by atoms with Crippen molar-refractivity contribution in [3.63, 3.8) is 0 Å². The van der Waals surface area contributed by atoms with Crippen molar-refractivity contribution < 1.29 is 9.13 Å². The first-order valence-corrected chi connectivity index (χ1v) is 6.75. The Kier molecular flexibility index (Phi) is 5.55. The predicted molar refractivity (Wildman–Crippen MR) is 74.9 cm³/mol. The van der Waals surface area contributed by atoms with Crippen molar-refractivity contribution in [3.8, 4) is 0 Å². The van der Waals surface area contributed by atoms with E-state index >= 15 is 0 Å². The van der Waals surface area contributed by atoms with E-state index in [4.69, 9.17) is 22.2 Å². The molecule has 0 radical (unpaired) electrons. The molecule has 6 heteroatoms. The number of hydrogen-bond acceptors (Lipinski definition) is 3. The first-order valence-electron chi connectivity index (χ1n) is 5.58. The number of rotatable bonds is 5. The summed E-state index contributed by atoms with van der Waals surface area (Å²) in [4.78, 5) is 0. The standard InChI is InChI=1S/C12H17BrClFN2O/c1-4-18-12(2,3)11(17-16)7-5-6-8(13)9(14)10(7)15/h5-6,11,17H,4,16H2,1-3H3. The summed E-state index contributed by atoms with van der Waals surface area (Å²) < 4.78 is 20.3. The summed E-state index contributed by atoms with van der Waals surface area (Å²) in [6, 6.07) is 2.83. The third kappa shape index (κ3) is 3.22. The summed E-state index contributed by atoms with van der Waals surface area (Å²) >= 11 is 9.06. The third-order valence-electron chi connectivity index (χ3n) is 2.75. The SMILES string of the molecule is CCOC(C)(C)C(NN)c1ccc(Br)c(Cl)c1F. The second kappa shape index (κ2) is 6.30.